The second kappa shape index (κ2) is 5.94. The third-order valence-electron chi connectivity index (χ3n) is 1.95. The maximum absolute atomic E-state index is 6.05. The lowest BCUT2D eigenvalue weighted by molar-refractivity contribution is 0.203. The number of hydrogen-bond donors (Lipinski definition) is 0. The molecule has 0 aliphatic heterocycles. The molecule has 0 aromatic heterocycles. The molecule has 1 aromatic carbocycles. The van der Waals surface area contributed by atoms with Gasteiger partial charge in [-0.1, -0.05) is 53.0 Å². The van der Waals surface area contributed by atoms with Gasteiger partial charge in [-0.05, 0) is 22.0 Å². The van der Waals surface area contributed by atoms with Crippen LogP contribution in [0.4, 0.5) is 0 Å². The molecule has 5 heteroatoms. The number of rotatable bonds is 4. The first-order chi connectivity index (χ1) is 7.35. The van der Waals surface area contributed by atoms with E-state index in [1.54, 1.807) is 12.1 Å². The van der Waals surface area contributed by atoms with Crippen molar-refractivity contribution in [2.45, 2.75) is 13.8 Å². The largest absolute Gasteiger partial charge is 0.491 e. The summed E-state index contributed by atoms with van der Waals surface area (Å²) in [6.07, 6.45) is 0. The standard InChI is InChI=1S/C11H12Br2Cl2O/c1-11(2,5-12)6-16-10-4-8(14)7(13)3-9(10)15/h3-4H,5-6H2,1-2H3. The molecule has 0 aliphatic carbocycles. The van der Waals surface area contributed by atoms with Crippen molar-refractivity contribution in [2.24, 2.45) is 5.41 Å². The topological polar surface area (TPSA) is 9.23 Å². The Morgan fingerprint density at radius 1 is 1.25 bits per heavy atom. The predicted molar refractivity (Wildman–Crippen MR) is 77.2 cm³/mol. The molecule has 0 radical (unpaired) electrons. The van der Waals surface area contributed by atoms with Gasteiger partial charge in [-0.15, -0.1) is 0 Å². The molecule has 0 heterocycles. The highest BCUT2D eigenvalue weighted by molar-refractivity contribution is 9.10. The molecule has 0 amide bonds. The van der Waals surface area contributed by atoms with Crippen molar-refractivity contribution in [3.05, 3.63) is 26.7 Å². The van der Waals surface area contributed by atoms with Crippen LogP contribution in [0, 0.1) is 5.41 Å². The highest BCUT2D eigenvalue weighted by Gasteiger charge is 2.18. The lowest BCUT2D eigenvalue weighted by Crippen LogP contribution is -2.22. The van der Waals surface area contributed by atoms with Crippen molar-refractivity contribution in [2.75, 3.05) is 11.9 Å². The molecule has 0 atom stereocenters. The summed E-state index contributed by atoms with van der Waals surface area (Å²) in [6, 6.07) is 3.46. The highest BCUT2D eigenvalue weighted by Crippen LogP contribution is 2.35. The van der Waals surface area contributed by atoms with E-state index in [2.05, 4.69) is 45.7 Å². The van der Waals surface area contributed by atoms with Crippen LogP contribution in [0.25, 0.3) is 0 Å². The summed E-state index contributed by atoms with van der Waals surface area (Å²) in [5.41, 5.74) is 0.0584. The summed E-state index contributed by atoms with van der Waals surface area (Å²) in [7, 11) is 0. The van der Waals surface area contributed by atoms with E-state index in [1.165, 1.54) is 0 Å². The Bertz CT molecular complexity index is 380. The normalized spacial score (nSPS) is 11.6. The van der Waals surface area contributed by atoms with Crippen molar-refractivity contribution < 1.29 is 4.74 Å². The molecule has 0 spiro atoms. The zero-order valence-corrected chi connectivity index (χ0v) is 13.7. The number of ether oxygens (including phenoxy) is 1. The molecular formula is C11H12Br2Cl2O. The van der Waals surface area contributed by atoms with Crippen LogP contribution >= 0.6 is 55.1 Å². The second-order valence-corrected chi connectivity index (χ2v) is 6.51. The summed E-state index contributed by atoms with van der Waals surface area (Å²) < 4.78 is 6.43. The molecule has 0 saturated heterocycles. The van der Waals surface area contributed by atoms with Crippen LogP contribution in [-0.2, 0) is 0 Å². The fourth-order valence-electron chi connectivity index (χ4n) is 0.927. The molecule has 1 nitrogen and oxygen atoms in total. The van der Waals surface area contributed by atoms with Crippen LogP contribution in [0.5, 0.6) is 5.75 Å². The Labute approximate surface area is 123 Å². The molecule has 0 bridgehead atoms. The third kappa shape index (κ3) is 4.10. The first kappa shape index (κ1) is 14.6. The monoisotopic (exact) mass is 388 g/mol. The van der Waals surface area contributed by atoms with Crippen LogP contribution in [0.3, 0.4) is 0 Å². The van der Waals surface area contributed by atoms with E-state index >= 15 is 0 Å². The van der Waals surface area contributed by atoms with Crippen molar-refractivity contribution in [3.8, 4) is 5.75 Å². The van der Waals surface area contributed by atoms with Gasteiger partial charge in [0, 0.05) is 21.3 Å². The number of alkyl halides is 1. The number of benzene rings is 1. The van der Waals surface area contributed by atoms with E-state index in [0.717, 1.165) is 9.80 Å². The smallest absolute Gasteiger partial charge is 0.139 e. The van der Waals surface area contributed by atoms with Gasteiger partial charge in [-0.2, -0.15) is 0 Å². The lowest BCUT2D eigenvalue weighted by Gasteiger charge is -2.22. The van der Waals surface area contributed by atoms with Gasteiger partial charge in [-0.3, -0.25) is 0 Å². The number of halogens is 4. The Hall–Kier alpha value is 0.560. The quantitative estimate of drug-likeness (QED) is 0.483. The van der Waals surface area contributed by atoms with Crippen LogP contribution in [-0.4, -0.2) is 11.9 Å². The Balaban J connectivity index is 2.79. The summed E-state index contributed by atoms with van der Waals surface area (Å²) in [5, 5.41) is 2.01. The van der Waals surface area contributed by atoms with Gasteiger partial charge in [0.1, 0.15) is 5.75 Å². The first-order valence-electron chi connectivity index (χ1n) is 4.69. The molecule has 0 aliphatic rings. The molecule has 16 heavy (non-hydrogen) atoms. The molecule has 0 saturated carbocycles. The van der Waals surface area contributed by atoms with E-state index in [-0.39, 0.29) is 5.41 Å². The second-order valence-electron chi connectivity index (χ2n) is 4.28. The summed E-state index contributed by atoms with van der Waals surface area (Å²) in [4.78, 5) is 0. The average molecular weight is 391 g/mol. The van der Waals surface area contributed by atoms with E-state index in [1.807, 2.05) is 0 Å². The lowest BCUT2D eigenvalue weighted by atomic mass is 9.98. The van der Waals surface area contributed by atoms with E-state index in [9.17, 15) is 0 Å². The summed E-state index contributed by atoms with van der Waals surface area (Å²) in [5.74, 6) is 0.615. The zero-order chi connectivity index (χ0) is 12.3. The van der Waals surface area contributed by atoms with Gasteiger partial charge in [0.15, 0.2) is 0 Å². The number of hydrogen-bond acceptors (Lipinski definition) is 1. The summed E-state index contributed by atoms with van der Waals surface area (Å²) >= 11 is 18.8. The van der Waals surface area contributed by atoms with Crippen molar-refractivity contribution >= 4 is 55.1 Å². The zero-order valence-electron chi connectivity index (χ0n) is 8.99. The third-order valence-corrected chi connectivity index (χ3v) is 4.97. The Kier molecular flexibility index (Phi) is 5.43. The van der Waals surface area contributed by atoms with Crippen LogP contribution in [0.15, 0.2) is 16.6 Å². The first-order valence-corrected chi connectivity index (χ1v) is 7.36. The Morgan fingerprint density at radius 2 is 1.88 bits per heavy atom. The fourth-order valence-corrected chi connectivity index (χ4v) is 1.94. The van der Waals surface area contributed by atoms with Crippen molar-refractivity contribution in [3.63, 3.8) is 0 Å². The van der Waals surface area contributed by atoms with Crippen molar-refractivity contribution in [1.82, 2.24) is 0 Å². The van der Waals surface area contributed by atoms with Crippen LogP contribution in [0.1, 0.15) is 13.8 Å². The van der Waals surface area contributed by atoms with Gasteiger partial charge in [0.25, 0.3) is 0 Å². The minimum absolute atomic E-state index is 0.0584. The molecular weight excluding hydrogens is 379 g/mol. The molecule has 90 valence electrons. The van der Waals surface area contributed by atoms with E-state index < -0.39 is 0 Å². The van der Waals surface area contributed by atoms with Crippen molar-refractivity contribution in [1.29, 1.82) is 0 Å². The van der Waals surface area contributed by atoms with Gasteiger partial charge in [0.05, 0.1) is 16.7 Å². The van der Waals surface area contributed by atoms with Gasteiger partial charge >= 0.3 is 0 Å². The highest BCUT2D eigenvalue weighted by atomic mass is 79.9. The van der Waals surface area contributed by atoms with E-state index in [4.69, 9.17) is 27.9 Å². The van der Waals surface area contributed by atoms with Gasteiger partial charge in [0.2, 0.25) is 0 Å². The Morgan fingerprint density at radius 3 is 2.44 bits per heavy atom. The fraction of sp³-hybridized carbons (Fsp3) is 0.455. The molecule has 0 fully saturated rings. The molecule has 1 aromatic rings. The van der Waals surface area contributed by atoms with Gasteiger partial charge < -0.3 is 4.74 Å². The maximum atomic E-state index is 6.05. The molecule has 1 rings (SSSR count). The maximum Gasteiger partial charge on any atom is 0.139 e. The van der Waals surface area contributed by atoms with Crippen LogP contribution in [0.2, 0.25) is 10.0 Å². The van der Waals surface area contributed by atoms with Crippen LogP contribution < -0.4 is 4.74 Å². The van der Waals surface area contributed by atoms with E-state index in [0.29, 0.717) is 22.4 Å². The minimum atomic E-state index is 0.0584. The summed E-state index contributed by atoms with van der Waals surface area (Å²) in [6.45, 7) is 4.79. The molecule has 0 unspecified atom stereocenters. The predicted octanol–water partition coefficient (Wildman–Crippen LogP) is 5.56. The SMILES string of the molecule is CC(C)(CBr)COc1cc(Cl)c(Br)cc1Cl. The minimum Gasteiger partial charge on any atom is -0.491 e. The molecule has 0 N–H and O–H groups in total. The average Bonchev–Trinajstić information content (AvgIpc) is 2.22. The van der Waals surface area contributed by atoms with Gasteiger partial charge in [-0.25, -0.2) is 0 Å².